The topological polar surface area (TPSA) is 72.0 Å². The molecule has 26 heavy (non-hydrogen) atoms. The van der Waals surface area contributed by atoms with Crippen LogP contribution >= 0.6 is 0 Å². The molecule has 2 aliphatic rings. The summed E-state index contributed by atoms with van der Waals surface area (Å²) >= 11 is 0. The molecule has 1 atom stereocenters. The van der Waals surface area contributed by atoms with Crippen molar-refractivity contribution < 1.29 is 18.4 Å². The van der Waals surface area contributed by atoms with Crippen molar-refractivity contribution in [3.63, 3.8) is 0 Å². The number of nitrogens with zero attached hydrogens (tertiary/aromatic N) is 3. The van der Waals surface area contributed by atoms with Gasteiger partial charge in [0.2, 0.25) is 5.76 Å². The first-order chi connectivity index (χ1) is 12.5. The quantitative estimate of drug-likeness (QED) is 0.816. The molecule has 2 saturated heterocycles. The first kappa shape index (κ1) is 17.3. The Morgan fingerprint density at radius 2 is 2.27 bits per heavy atom. The van der Waals surface area contributed by atoms with Crippen molar-refractivity contribution in [3.8, 4) is 0 Å². The summed E-state index contributed by atoms with van der Waals surface area (Å²) in [6.45, 7) is 5.60. The van der Waals surface area contributed by atoms with E-state index in [1.165, 1.54) is 6.39 Å². The standard InChI is InChI=1S/C19H25N3O4/c1-14-17(25-13-20-14)18(23)22-11-19(12-22)6-5-15(10-26-19)8-21(2)9-16-4-3-7-24-16/h3-4,7,13,15H,5-6,8-12H2,1-2H3/t15-/m1/s1. The second-order valence-electron chi connectivity index (χ2n) is 7.60. The van der Waals surface area contributed by atoms with Gasteiger partial charge in [0.05, 0.1) is 38.2 Å². The molecule has 140 valence electrons. The minimum Gasteiger partial charge on any atom is -0.468 e. The first-order valence-corrected chi connectivity index (χ1v) is 9.09. The summed E-state index contributed by atoms with van der Waals surface area (Å²) in [6, 6.07) is 3.92. The molecule has 1 amide bonds. The summed E-state index contributed by atoms with van der Waals surface area (Å²) in [4.78, 5) is 20.5. The highest BCUT2D eigenvalue weighted by atomic mass is 16.5. The van der Waals surface area contributed by atoms with Crippen molar-refractivity contribution in [2.45, 2.75) is 31.9 Å². The van der Waals surface area contributed by atoms with Gasteiger partial charge in [-0.25, -0.2) is 4.98 Å². The van der Waals surface area contributed by atoms with Gasteiger partial charge in [-0.2, -0.15) is 0 Å². The smallest absolute Gasteiger partial charge is 0.291 e. The number of amides is 1. The number of hydrogen-bond donors (Lipinski definition) is 0. The Balaban J connectivity index is 1.23. The molecule has 2 aliphatic heterocycles. The van der Waals surface area contributed by atoms with Gasteiger partial charge >= 0.3 is 0 Å². The van der Waals surface area contributed by atoms with Gasteiger partial charge in [-0.15, -0.1) is 0 Å². The van der Waals surface area contributed by atoms with Crippen LogP contribution in [-0.4, -0.2) is 59.6 Å². The van der Waals surface area contributed by atoms with Crippen LogP contribution in [0.3, 0.4) is 0 Å². The summed E-state index contributed by atoms with van der Waals surface area (Å²) in [5.41, 5.74) is 0.472. The van der Waals surface area contributed by atoms with E-state index in [4.69, 9.17) is 13.6 Å². The van der Waals surface area contributed by atoms with E-state index in [0.717, 1.165) is 38.3 Å². The Morgan fingerprint density at radius 3 is 2.88 bits per heavy atom. The number of rotatable bonds is 5. The van der Waals surface area contributed by atoms with Crippen LogP contribution in [0.4, 0.5) is 0 Å². The number of likely N-dealkylation sites (tertiary alicyclic amines) is 1. The molecule has 0 radical (unpaired) electrons. The molecule has 0 N–H and O–H groups in total. The molecule has 7 heteroatoms. The van der Waals surface area contributed by atoms with Gasteiger partial charge in [-0.3, -0.25) is 9.69 Å². The maximum absolute atomic E-state index is 12.4. The highest BCUT2D eigenvalue weighted by molar-refractivity contribution is 5.93. The fourth-order valence-corrected chi connectivity index (χ4v) is 3.93. The van der Waals surface area contributed by atoms with E-state index in [1.807, 2.05) is 12.1 Å². The van der Waals surface area contributed by atoms with E-state index >= 15 is 0 Å². The van der Waals surface area contributed by atoms with Crippen LogP contribution in [0.25, 0.3) is 0 Å². The Hall–Kier alpha value is -2.12. The molecular weight excluding hydrogens is 334 g/mol. The van der Waals surface area contributed by atoms with Crippen molar-refractivity contribution in [2.24, 2.45) is 5.92 Å². The lowest BCUT2D eigenvalue weighted by atomic mass is 9.82. The Bertz CT molecular complexity index is 739. The van der Waals surface area contributed by atoms with Crippen LogP contribution < -0.4 is 0 Å². The van der Waals surface area contributed by atoms with Gasteiger partial charge < -0.3 is 18.5 Å². The highest BCUT2D eigenvalue weighted by Gasteiger charge is 2.49. The number of aromatic nitrogens is 1. The number of ether oxygens (including phenoxy) is 1. The molecule has 0 saturated carbocycles. The number of oxazole rings is 1. The first-order valence-electron chi connectivity index (χ1n) is 9.09. The monoisotopic (exact) mass is 359 g/mol. The van der Waals surface area contributed by atoms with Gasteiger partial charge in [-0.05, 0) is 44.9 Å². The third kappa shape index (κ3) is 3.41. The SMILES string of the molecule is Cc1ncoc1C(=O)N1CC2(CC[C@H](CN(C)Cc3ccco3)CO2)C1. The zero-order valence-electron chi connectivity index (χ0n) is 15.3. The molecule has 1 spiro atoms. The lowest BCUT2D eigenvalue weighted by Gasteiger charge is -2.52. The average molecular weight is 359 g/mol. The number of furan rings is 1. The molecule has 2 fully saturated rings. The van der Waals surface area contributed by atoms with Crippen LogP contribution in [0.2, 0.25) is 0 Å². The molecule has 2 aromatic heterocycles. The number of hydrogen-bond acceptors (Lipinski definition) is 6. The molecular formula is C19H25N3O4. The Kier molecular flexibility index (Phi) is 4.58. The van der Waals surface area contributed by atoms with Crippen molar-refractivity contribution >= 4 is 5.91 Å². The van der Waals surface area contributed by atoms with Crippen LogP contribution in [-0.2, 0) is 11.3 Å². The molecule has 4 heterocycles. The van der Waals surface area contributed by atoms with Gasteiger partial charge in [0, 0.05) is 6.54 Å². The van der Waals surface area contributed by atoms with Crippen molar-refractivity contribution in [1.29, 1.82) is 0 Å². The van der Waals surface area contributed by atoms with Crippen molar-refractivity contribution in [2.75, 3.05) is 33.3 Å². The normalized spacial score (nSPS) is 22.0. The van der Waals surface area contributed by atoms with E-state index in [0.29, 0.717) is 30.5 Å². The second-order valence-corrected chi connectivity index (χ2v) is 7.60. The summed E-state index contributed by atoms with van der Waals surface area (Å²) in [6.07, 6.45) is 5.14. The third-order valence-electron chi connectivity index (χ3n) is 5.39. The van der Waals surface area contributed by atoms with Crippen LogP contribution in [0, 0.1) is 12.8 Å². The van der Waals surface area contributed by atoms with E-state index in [9.17, 15) is 4.79 Å². The van der Waals surface area contributed by atoms with Gasteiger partial charge in [0.15, 0.2) is 6.39 Å². The second kappa shape index (κ2) is 6.89. The summed E-state index contributed by atoms with van der Waals surface area (Å²) < 4.78 is 16.8. The fourth-order valence-electron chi connectivity index (χ4n) is 3.93. The average Bonchev–Trinajstić information content (AvgIpc) is 3.24. The zero-order chi connectivity index (χ0) is 18.1. The molecule has 2 aromatic rings. The minimum atomic E-state index is -0.167. The summed E-state index contributed by atoms with van der Waals surface area (Å²) in [7, 11) is 2.11. The summed E-state index contributed by atoms with van der Waals surface area (Å²) in [5.74, 6) is 1.75. The molecule has 0 unspecified atom stereocenters. The van der Waals surface area contributed by atoms with Crippen LogP contribution in [0.5, 0.6) is 0 Å². The lowest BCUT2D eigenvalue weighted by molar-refractivity contribution is -0.168. The van der Waals surface area contributed by atoms with E-state index in [1.54, 1.807) is 18.1 Å². The third-order valence-corrected chi connectivity index (χ3v) is 5.39. The summed E-state index contributed by atoms with van der Waals surface area (Å²) in [5, 5.41) is 0. The molecule has 0 aliphatic carbocycles. The number of carbonyl (C=O) groups excluding carboxylic acids is 1. The Labute approximate surface area is 152 Å². The lowest BCUT2D eigenvalue weighted by Crippen LogP contribution is -2.66. The maximum Gasteiger partial charge on any atom is 0.291 e. The van der Waals surface area contributed by atoms with Gasteiger partial charge in [-0.1, -0.05) is 0 Å². The predicted octanol–water partition coefficient (Wildman–Crippen LogP) is 2.33. The van der Waals surface area contributed by atoms with E-state index in [2.05, 4.69) is 16.9 Å². The van der Waals surface area contributed by atoms with E-state index in [-0.39, 0.29) is 11.5 Å². The Morgan fingerprint density at radius 1 is 1.42 bits per heavy atom. The maximum atomic E-state index is 12.4. The van der Waals surface area contributed by atoms with Gasteiger partial charge in [0.1, 0.15) is 11.4 Å². The molecule has 7 nitrogen and oxygen atoms in total. The molecule has 0 bridgehead atoms. The van der Waals surface area contributed by atoms with Crippen molar-refractivity contribution in [3.05, 3.63) is 42.0 Å². The van der Waals surface area contributed by atoms with Crippen molar-refractivity contribution in [1.82, 2.24) is 14.8 Å². The number of carbonyl (C=O) groups is 1. The highest BCUT2D eigenvalue weighted by Crippen LogP contribution is 2.37. The van der Waals surface area contributed by atoms with Gasteiger partial charge in [0.25, 0.3) is 5.91 Å². The predicted molar refractivity (Wildman–Crippen MR) is 93.6 cm³/mol. The largest absolute Gasteiger partial charge is 0.468 e. The zero-order valence-corrected chi connectivity index (χ0v) is 15.3. The van der Waals surface area contributed by atoms with Crippen LogP contribution in [0.1, 0.15) is 34.9 Å². The molecule has 4 rings (SSSR count). The number of aryl methyl sites for hydroxylation is 1. The fraction of sp³-hybridized carbons (Fsp3) is 0.579. The van der Waals surface area contributed by atoms with E-state index < -0.39 is 0 Å². The molecule has 0 aromatic carbocycles. The van der Waals surface area contributed by atoms with Crippen LogP contribution in [0.15, 0.2) is 33.6 Å². The minimum absolute atomic E-state index is 0.0884.